The molecule has 0 unspecified atom stereocenters. The maximum atomic E-state index is 11.8. The van der Waals surface area contributed by atoms with Crippen molar-refractivity contribution in [1.29, 1.82) is 0 Å². The third-order valence-corrected chi connectivity index (χ3v) is 2.64. The molecule has 0 spiro atoms. The van der Waals surface area contributed by atoms with Gasteiger partial charge < -0.3 is 14.9 Å². The summed E-state index contributed by atoms with van der Waals surface area (Å²) in [6, 6.07) is 8.02. The fourth-order valence-electron chi connectivity index (χ4n) is 1.75. The number of hydrogen-bond donors (Lipinski definition) is 2. The first kappa shape index (κ1) is 12.8. The minimum atomic E-state index is -1.37. The molecule has 19 heavy (non-hydrogen) atoms. The van der Waals surface area contributed by atoms with Crippen LogP contribution in [0.4, 0.5) is 0 Å². The third kappa shape index (κ3) is 2.47. The topological polar surface area (TPSA) is 101 Å². The highest BCUT2D eigenvalue weighted by atomic mass is 16.6. The van der Waals surface area contributed by atoms with Crippen molar-refractivity contribution in [2.75, 3.05) is 0 Å². The number of esters is 1. The molecule has 6 nitrogen and oxygen atoms in total. The lowest BCUT2D eigenvalue weighted by atomic mass is 10.0. The predicted molar refractivity (Wildman–Crippen MR) is 63.1 cm³/mol. The van der Waals surface area contributed by atoms with E-state index in [1.165, 1.54) is 12.1 Å². The largest absolute Gasteiger partial charge is 0.506 e. The molecule has 6 heteroatoms. The summed E-state index contributed by atoms with van der Waals surface area (Å²) in [5.74, 6) is -3.57. The highest BCUT2D eigenvalue weighted by molar-refractivity contribution is 6.27. The number of hydrogen-bond acceptors (Lipinski definition) is 5. The van der Waals surface area contributed by atoms with Gasteiger partial charge in [0.05, 0.1) is 6.42 Å². The molecular formula is C13H10O6. The number of carbonyl (C=O) groups is 3. The monoisotopic (exact) mass is 262 g/mol. The van der Waals surface area contributed by atoms with E-state index in [0.717, 1.165) is 0 Å². The molecule has 0 radical (unpaired) electrons. The molecule has 1 fully saturated rings. The minimum absolute atomic E-state index is 0.291. The lowest BCUT2D eigenvalue weighted by molar-refractivity contribution is -0.147. The average molecular weight is 262 g/mol. The highest BCUT2D eigenvalue weighted by Crippen LogP contribution is 2.26. The van der Waals surface area contributed by atoms with Crippen molar-refractivity contribution in [3.8, 4) is 0 Å². The molecular weight excluding hydrogens is 252 g/mol. The van der Waals surface area contributed by atoms with Crippen molar-refractivity contribution in [3.05, 3.63) is 41.5 Å². The Morgan fingerprint density at radius 3 is 2.37 bits per heavy atom. The number of carbonyl (C=O) groups excluding carboxylic acids is 2. The minimum Gasteiger partial charge on any atom is -0.506 e. The maximum Gasteiger partial charge on any atom is 0.346 e. The Labute approximate surface area is 107 Å². The Hall–Kier alpha value is -2.63. The summed E-state index contributed by atoms with van der Waals surface area (Å²) in [6.07, 6.45) is -1.98. The van der Waals surface area contributed by atoms with E-state index in [1.54, 1.807) is 18.2 Å². The SMILES string of the molecule is O=C(O)C[C@H]1OC(=O)/C(=C(\O)c2ccccc2)C1=O. The number of ether oxygens (including phenoxy) is 1. The van der Waals surface area contributed by atoms with E-state index in [9.17, 15) is 19.5 Å². The summed E-state index contributed by atoms with van der Waals surface area (Å²) in [5.41, 5.74) is -0.212. The van der Waals surface area contributed by atoms with Gasteiger partial charge in [-0.2, -0.15) is 0 Å². The Morgan fingerprint density at radius 1 is 1.16 bits per heavy atom. The molecule has 2 rings (SSSR count). The van der Waals surface area contributed by atoms with Crippen LogP contribution in [0.25, 0.3) is 5.76 Å². The van der Waals surface area contributed by atoms with Crippen molar-refractivity contribution in [2.45, 2.75) is 12.5 Å². The van der Waals surface area contributed by atoms with Gasteiger partial charge >= 0.3 is 11.9 Å². The van der Waals surface area contributed by atoms with Crippen LogP contribution < -0.4 is 0 Å². The van der Waals surface area contributed by atoms with E-state index in [4.69, 9.17) is 5.11 Å². The van der Waals surface area contributed by atoms with Crippen molar-refractivity contribution in [1.82, 2.24) is 0 Å². The van der Waals surface area contributed by atoms with E-state index >= 15 is 0 Å². The number of aliphatic hydroxyl groups excluding tert-OH is 1. The summed E-state index contributed by atoms with van der Waals surface area (Å²) in [5, 5.41) is 18.5. The maximum absolute atomic E-state index is 11.8. The highest BCUT2D eigenvalue weighted by Gasteiger charge is 2.42. The molecule has 1 aromatic rings. The molecule has 0 saturated carbocycles. The Kier molecular flexibility index (Phi) is 3.33. The Bertz CT molecular complexity index is 572. The average Bonchev–Trinajstić information content (AvgIpc) is 2.64. The lowest BCUT2D eigenvalue weighted by Gasteiger charge is -2.02. The van der Waals surface area contributed by atoms with Gasteiger partial charge in [-0.05, 0) is 0 Å². The quantitative estimate of drug-likeness (QED) is 0.363. The van der Waals surface area contributed by atoms with E-state index < -0.39 is 41.6 Å². The number of carboxylic acid groups (broad SMARTS) is 1. The van der Waals surface area contributed by atoms with Gasteiger partial charge in [0, 0.05) is 5.56 Å². The van der Waals surface area contributed by atoms with Gasteiger partial charge in [-0.15, -0.1) is 0 Å². The Morgan fingerprint density at radius 2 is 1.79 bits per heavy atom. The molecule has 98 valence electrons. The number of benzene rings is 1. The summed E-state index contributed by atoms with van der Waals surface area (Å²) in [4.78, 5) is 33.9. The molecule has 1 aromatic carbocycles. The number of carboxylic acids is 1. The van der Waals surface area contributed by atoms with Crippen LogP contribution in [0.3, 0.4) is 0 Å². The fraction of sp³-hybridized carbons (Fsp3) is 0.154. The second-order valence-electron chi connectivity index (χ2n) is 3.95. The molecule has 1 heterocycles. The molecule has 1 saturated heterocycles. The van der Waals surface area contributed by atoms with Crippen LogP contribution in [0.2, 0.25) is 0 Å². The zero-order valence-electron chi connectivity index (χ0n) is 9.70. The number of Topliss-reactive ketones (excluding diaryl/α,β-unsaturated/α-hetero) is 1. The van der Waals surface area contributed by atoms with Crippen molar-refractivity contribution < 1.29 is 29.3 Å². The molecule has 1 atom stereocenters. The number of aliphatic carboxylic acids is 1. The van der Waals surface area contributed by atoms with Crippen molar-refractivity contribution in [3.63, 3.8) is 0 Å². The first-order chi connectivity index (χ1) is 9.00. The molecule has 0 aliphatic carbocycles. The van der Waals surface area contributed by atoms with Crippen LogP contribution in [0.15, 0.2) is 35.9 Å². The zero-order valence-corrected chi connectivity index (χ0v) is 9.70. The zero-order chi connectivity index (χ0) is 14.0. The van der Waals surface area contributed by atoms with Crippen LogP contribution in [-0.4, -0.2) is 34.0 Å². The summed E-state index contributed by atoms with van der Waals surface area (Å²) < 4.78 is 4.65. The van der Waals surface area contributed by atoms with Gasteiger partial charge in [0.2, 0.25) is 5.78 Å². The molecule has 1 aliphatic rings. The molecule has 1 aliphatic heterocycles. The van der Waals surface area contributed by atoms with Gasteiger partial charge in [0.1, 0.15) is 11.3 Å². The van der Waals surface area contributed by atoms with Crippen LogP contribution in [-0.2, 0) is 19.1 Å². The van der Waals surface area contributed by atoms with Crippen LogP contribution in [0, 0.1) is 0 Å². The van der Waals surface area contributed by atoms with E-state index in [2.05, 4.69) is 4.74 Å². The predicted octanol–water partition coefficient (Wildman–Crippen LogP) is 0.925. The molecule has 2 N–H and O–H groups in total. The molecule has 0 amide bonds. The smallest absolute Gasteiger partial charge is 0.346 e. The first-order valence-electron chi connectivity index (χ1n) is 5.46. The van der Waals surface area contributed by atoms with Gasteiger partial charge in [0.25, 0.3) is 0 Å². The van der Waals surface area contributed by atoms with E-state index in [-0.39, 0.29) is 0 Å². The van der Waals surface area contributed by atoms with Gasteiger partial charge in [0.15, 0.2) is 6.10 Å². The molecule has 0 bridgehead atoms. The Balaban J connectivity index is 2.37. The standard InChI is InChI=1S/C13H10O6/c14-9(15)6-8-12(17)10(13(18)19-8)11(16)7-4-2-1-3-5-7/h1-5,8,16H,6H2,(H,14,15)/b11-10-/t8-/m1/s1. The number of rotatable bonds is 3. The summed E-state index contributed by atoms with van der Waals surface area (Å²) in [6.45, 7) is 0. The second-order valence-corrected chi connectivity index (χ2v) is 3.95. The fourth-order valence-corrected chi connectivity index (χ4v) is 1.75. The van der Waals surface area contributed by atoms with Crippen LogP contribution in [0.5, 0.6) is 0 Å². The van der Waals surface area contributed by atoms with Crippen molar-refractivity contribution >= 4 is 23.5 Å². The van der Waals surface area contributed by atoms with Crippen LogP contribution in [0.1, 0.15) is 12.0 Å². The van der Waals surface area contributed by atoms with E-state index in [0.29, 0.717) is 5.56 Å². The number of aliphatic hydroxyl groups is 1. The van der Waals surface area contributed by atoms with E-state index in [1.807, 2.05) is 0 Å². The number of cyclic esters (lactones) is 1. The van der Waals surface area contributed by atoms with Gasteiger partial charge in [-0.25, -0.2) is 4.79 Å². The molecule has 0 aromatic heterocycles. The lowest BCUT2D eigenvalue weighted by Crippen LogP contribution is -2.20. The van der Waals surface area contributed by atoms with Crippen molar-refractivity contribution in [2.24, 2.45) is 0 Å². The van der Waals surface area contributed by atoms with Gasteiger partial charge in [-0.1, -0.05) is 30.3 Å². The summed E-state index contributed by atoms with van der Waals surface area (Å²) in [7, 11) is 0. The second kappa shape index (κ2) is 4.93. The number of ketones is 1. The third-order valence-electron chi connectivity index (χ3n) is 2.64. The normalized spacial score (nSPS) is 21.2. The van der Waals surface area contributed by atoms with Gasteiger partial charge in [-0.3, -0.25) is 9.59 Å². The van der Waals surface area contributed by atoms with Crippen LogP contribution >= 0.6 is 0 Å². The first-order valence-corrected chi connectivity index (χ1v) is 5.46. The summed E-state index contributed by atoms with van der Waals surface area (Å²) >= 11 is 0.